The molecule has 0 saturated heterocycles. The van der Waals surface area contributed by atoms with E-state index in [1.54, 1.807) is 20.5 Å². The van der Waals surface area contributed by atoms with Crippen LogP contribution >= 0.6 is 0 Å². The molecule has 0 N–H and O–H groups in total. The number of benzene rings is 1. The van der Waals surface area contributed by atoms with E-state index >= 15 is 0 Å². The molecule has 0 amide bonds. The topological polar surface area (TPSA) is 55.4 Å². The van der Waals surface area contributed by atoms with E-state index in [4.69, 9.17) is 13.9 Å². The van der Waals surface area contributed by atoms with E-state index in [1.807, 2.05) is 24.3 Å². The second kappa shape index (κ2) is 4.09. The van der Waals surface area contributed by atoms with E-state index in [1.165, 1.54) is 0 Å². The second-order valence-corrected chi connectivity index (χ2v) is 5.00. The summed E-state index contributed by atoms with van der Waals surface area (Å²) in [5.74, 6) is -0.637. The van der Waals surface area contributed by atoms with Crippen molar-refractivity contribution in [3.8, 4) is 6.07 Å². The third kappa shape index (κ3) is 1.59. The summed E-state index contributed by atoms with van der Waals surface area (Å²) in [7, 11) is 3.23. The largest absolute Gasteiger partial charge is 0.464 e. The van der Waals surface area contributed by atoms with Gasteiger partial charge >= 0.3 is 0 Å². The van der Waals surface area contributed by atoms with E-state index in [2.05, 4.69) is 6.07 Å². The van der Waals surface area contributed by atoms with Crippen LogP contribution in [0.4, 0.5) is 0 Å². The van der Waals surface area contributed by atoms with Crippen LogP contribution < -0.4 is 0 Å². The maximum Gasteiger partial charge on any atom is 0.171 e. The van der Waals surface area contributed by atoms with Gasteiger partial charge in [0.1, 0.15) is 5.58 Å². The number of ether oxygens (including phenoxy) is 2. The van der Waals surface area contributed by atoms with Crippen molar-refractivity contribution in [2.75, 3.05) is 14.2 Å². The smallest absolute Gasteiger partial charge is 0.171 e. The average molecular weight is 257 g/mol. The molecule has 0 unspecified atom stereocenters. The molecule has 0 atom stereocenters. The first-order valence-corrected chi connectivity index (χ1v) is 6.17. The maximum atomic E-state index is 9.62. The minimum Gasteiger partial charge on any atom is -0.464 e. The lowest BCUT2D eigenvalue weighted by molar-refractivity contribution is -0.269. The van der Waals surface area contributed by atoms with Gasteiger partial charge in [0, 0.05) is 32.4 Å². The van der Waals surface area contributed by atoms with Gasteiger partial charge in [0.2, 0.25) is 0 Å². The Morgan fingerprint density at radius 3 is 2.58 bits per heavy atom. The Balaban J connectivity index is 2.06. The van der Waals surface area contributed by atoms with Gasteiger partial charge in [-0.15, -0.1) is 0 Å². The molecule has 4 nitrogen and oxygen atoms in total. The summed E-state index contributed by atoms with van der Waals surface area (Å²) in [6.07, 6.45) is 2.72. The second-order valence-electron chi connectivity index (χ2n) is 5.00. The summed E-state index contributed by atoms with van der Waals surface area (Å²) in [6.45, 7) is 0. The summed E-state index contributed by atoms with van der Waals surface area (Å²) < 4.78 is 16.2. The molecule has 3 rings (SSSR count). The van der Waals surface area contributed by atoms with Gasteiger partial charge in [0.05, 0.1) is 17.7 Å². The van der Waals surface area contributed by atoms with Crippen molar-refractivity contribution in [3.05, 3.63) is 36.1 Å². The predicted octanol–water partition coefficient (Wildman–Crippen LogP) is 2.98. The van der Waals surface area contributed by atoms with E-state index in [0.717, 1.165) is 16.5 Å². The zero-order valence-electron chi connectivity index (χ0n) is 11.0. The van der Waals surface area contributed by atoms with E-state index in [9.17, 15) is 5.26 Å². The highest BCUT2D eigenvalue weighted by atomic mass is 16.7. The molecule has 1 aromatic heterocycles. The minimum absolute atomic E-state index is 0.536. The molecule has 0 bridgehead atoms. The fraction of sp³-hybridized carbons (Fsp3) is 0.400. The number of nitrogens with zero attached hydrogens (tertiary/aromatic N) is 1. The molecule has 0 aliphatic heterocycles. The zero-order chi connectivity index (χ0) is 13.5. The van der Waals surface area contributed by atoms with Gasteiger partial charge < -0.3 is 13.9 Å². The van der Waals surface area contributed by atoms with Crippen molar-refractivity contribution in [1.29, 1.82) is 5.26 Å². The number of methoxy groups -OCH3 is 2. The Hall–Kier alpha value is -1.83. The number of furan rings is 1. The van der Waals surface area contributed by atoms with Crippen LogP contribution in [0.25, 0.3) is 11.0 Å². The lowest BCUT2D eigenvalue weighted by Gasteiger charge is -2.50. The first-order chi connectivity index (χ1) is 9.18. The van der Waals surface area contributed by atoms with Crippen LogP contribution in [-0.2, 0) is 14.9 Å². The molecule has 1 aliphatic rings. The number of rotatable bonds is 3. The molecule has 2 aromatic rings. The molecule has 1 saturated carbocycles. The van der Waals surface area contributed by atoms with E-state index in [-0.39, 0.29) is 0 Å². The highest BCUT2D eigenvalue weighted by Crippen LogP contribution is 2.53. The number of nitriles is 1. The molecular weight excluding hydrogens is 242 g/mol. The Morgan fingerprint density at radius 2 is 1.95 bits per heavy atom. The van der Waals surface area contributed by atoms with E-state index < -0.39 is 11.2 Å². The van der Waals surface area contributed by atoms with Gasteiger partial charge in [0.25, 0.3) is 0 Å². The highest BCUT2D eigenvalue weighted by molar-refractivity contribution is 5.83. The Kier molecular flexibility index (Phi) is 2.63. The van der Waals surface area contributed by atoms with Crippen molar-refractivity contribution in [1.82, 2.24) is 0 Å². The SMILES string of the molecule is COC1(OC)CC(C#N)(c2cccc3occc23)C1. The van der Waals surface area contributed by atoms with Crippen molar-refractivity contribution in [3.63, 3.8) is 0 Å². The minimum atomic E-state index is -0.637. The Morgan fingerprint density at radius 1 is 1.21 bits per heavy atom. The van der Waals surface area contributed by atoms with E-state index in [0.29, 0.717) is 12.8 Å². The third-order valence-corrected chi connectivity index (χ3v) is 4.11. The third-order valence-electron chi connectivity index (χ3n) is 4.11. The molecule has 0 radical (unpaired) electrons. The Labute approximate surface area is 111 Å². The van der Waals surface area contributed by atoms with Gasteiger partial charge in [-0.1, -0.05) is 12.1 Å². The lowest BCUT2D eigenvalue weighted by atomic mass is 9.61. The van der Waals surface area contributed by atoms with Crippen molar-refractivity contribution >= 4 is 11.0 Å². The van der Waals surface area contributed by atoms with Crippen LogP contribution in [0.2, 0.25) is 0 Å². The van der Waals surface area contributed by atoms with Gasteiger partial charge in [-0.2, -0.15) is 5.26 Å². The van der Waals surface area contributed by atoms with Crippen molar-refractivity contribution in [2.24, 2.45) is 0 Å². The lowest BCUT2D eigenvalue weighted by Crippen LogP contribution is -2.56. The summed E-state index contributed by atoms with van der Waals surface area (Å²) in [5.41, 5.74) is 1.24. The molecule has 1 aliphatic carbocycles. The summed E-state index contributed by atoms with van der Waals surface area (Å²) in [4.78, 5) is 0. The summed E-state index contributed by atoms with van der Waals surface area (Å²) in [6, 6.07) is 10.1. The molecule has 19 heavy (non-hydrogen) atoms. The van der Waals surface area contributed by atoms with Gasteiger partial charge in [-0.3, -0.25) is 0 Å². The monoisotopic (exact) mass is 257 g/mol. The standard InChI is InChI=1S/C15H15NO3/c1-17-15(18-2)8-14(9-15,10-16)12-4-3-5-13-11(12)6-7-19-13/h3-7H,8-9H2,1-2H3. The van der Waals surface area contributed by atoms with Crippen LogP contribution in [-0.4, -0.2) is 20.0 Å². The summed E-state index contributed by atoms with van der Waals surface area (Å²) in [5, 5.41) is 10.6. The molecule has 1 aromatic carbocycles. The molecular formula is C15H15NO3. The highest BCUT2D eigenvalue weighted by Gasteiger charge is 2.58. The van der Waals surface area contributed by atoms with Crippen molar-refractivity contribution in [2.45, 2.75) is 24.0 Å². The van der Waals surface area contributed by atoms with Crippen LogP contribution in [0.1, 0.15) is 18.4 Å². The molecule has 4 heteroatoms. The molecule has 0 spiro atoms. The quantitative estimate of drug-likeness (QED) is 0.793. The number of fused-ring (bicyclic) bond motifs is 1. The first kappa shape index (κ1) is 12.2. The summed E-state index contributed by atoms with van der Waals surface area (Å²) >= 11 is 0. The zero-order valence-corrected chi connectivity index (χ0v) is 11.0. The maximum absolute atomic E-state index is 9.62. The normalized spacial score (nSPS) is 19.8. The molecule has 98 valence electrons. The molecule has 1 heterocycles. The Bertz CT molecular complexity index is 641. The van der Waals surface area contributed by atoms with Crippen LogP contribution in [0.15, 0.2) is 34.9 Å². The first-order valence-electron chi connectivity index (χ1n) is 6.17. The molecule has 1 fully saturated rings. The number of hydrogen-bond donors (Lipinski definition) is 0. The average Bonchev–Trinajstić information content (AvgIpc) is 2.88. The van der Waals surface area contributed by atoms with Gasteiger partial charge in [0.15, 0.2) is 5.79 Å². The van der Waals surface area contributed by atoms with Gasteiger partial charge in [-0.25, -0.2) is 0 Å². The predicted molar refractivity (Wildman–Crippen MR) is 69.5 cm³/mol. The fourth-order valence-electron chi connectivity index (χ4n) is 2.98. The van der Waals surface area contributed by atoms with Crippen LogP contribution in [0, 0.1) is 11.3 Å². The van der Waals surface area contributed by atoms with Crippen LogP contribution in [0.3, 0.4) is 0 Å². The van der Waals surface area contributed by atoms with Crippen LogP contribution in [0.5, 0.6) is 0 Å². The number of hydrogen-bond acceptors (Lipinski definition) is 4. The van der Waals surface area contributed by atoms with Crippen molar-refractivity contribution < 1.29 is 13.9 Å². The van der Waals surface area contributed by atoms with Gasteiger partial charge in [-0.05, 0) is 17.7 Å². The fourth-order valence-corrected chi connectivity index (χ4v) is 2.98.